The summed E-state index contributed by atoms with van der Waals surface area (Å²) < 4.78 is 5.45. The molecular formula is C21H25NO3S. The van der Waals surface area contributed by atoms with E-state index in [4.69, 9.17) is 4.74 Å². The molecule has 138 valence electrons. The lowest BCUT2D eigenvalue weighted by Crippen LogP contribution is -2.37. The Bertz CT molecular complexity index is 745. The maximum Gasteiger partial charge on any atom is 0.349 e. The van der Waals surface area contributed by atoms with E-state index in [0.29, 0.717) is 11.4 Å². The highest BCUT2D eigenvalue weighted by Gasteiger charge is 2.24. The second kappa shape index (κ2) is 8.49. The van der Waals surface area contributed by atoms with E-state index in [1.165, 1.54) is 41.0 Å². The number of esters is 1. The van der Waals surface area contributed by atoms with E-state index in [-0.39, 0.29) is 5.91 Å². The van der Waals surface area contributed by atoms with Gasteiger partial charge in [0.15, 0.2) is 6.10 Å². The number of amides is 1. The van der Waals surface area contributed by atoms with Crippen LogP contribution >= 0.6 is 11.3 Å². The molecule has 1 aromatic carbocycles. The summed E-state index contributed by atoms with van der Waals surface area (Å²) in [5.41, 5.74) is 2.32. The highest BCUT2D eigenvalue weighted by atomic mass is 32.1. The summed E-state index contributed by atoms with van der Waals surface area (Å²) in [5, 5.41) is 0. The molecule has 0 bridgehead atoms. The van der Waals surface area contributed by atoms with Gasteiger partial charge in [0.05, 0.1) is 0 Å². The number of rotatable bonds is 5. The minimum Gasteiger partial charge on any atom is -0.448 e. The zero-order valence-electron chi connectivity index (χ0n) is 15.4. The van der Waals surface area contributed by atoms with E-state index in [1.807, 2.05) is 36.4 Å². The van der Waals surface area contributed by atoms with Gasteiger partial charge >= 0.3 is 5.97 Å². The third kappa shape index (κ3) is 4.52. The van der Waals surface area contributed by atoms with E-state index in [0.717, 1.165) is 18.4 Å². The van der Waals surface area contributed by atoms with Crippen LogP contribution in [0.1, 0.15) is 51.9 Å². The van der Waals surface area contributed by atoms with Crippen LogP contribution in [0.2, 0.25) is 0 Å². The Morgan fingerprint density at radius 1 is 1.15 bits per heavy atom. The zero-order valence-corrected chi connectivity index (χ0v) is 16.2. The van der Waals surface area contributed by atoms with Crippen LogP contribution in [0.4, 0.5) is 0 Å². The van der Waals surface area contributed by atoms with Crippen LogP contribution in [-0.2, 0) is 28.9 Å². The fraction of sp³-hybridized carbons (Fsp3) is 0.429. The molecule has 0 aliphatic heterocycles. The number of likely N-dealkylation sites (N-methyl/N-ethyl adjacent to an activating group) is 1. The van der Waals surface area contributed by atoms with Gasteiger partial charge in [-0.3, -0.25) is 4.79 Å². The van der Waals surface area contributed by atoms with E-state index in [1.54, 1.807) is 18.9 Å². The first kappa shape index (κ1) is 18.6. The molecule has 4 nitrogen and oxygen atoms in total. The summed E-state index contributed by atoms with van der Waals surface area (Å²) in [4.78, 5) is 28.5. The molecule has 0 fully saturated rings. The topological polar surface area (TPSA) is 46.6 Å². The molecule has 0 saturated heterocycles. The third-order valence-electron chi connectivity index (χ3n) is 4.72. The van der Waals surface area contributed by atoms with Crippen LogP contribution in [0.15, 0.2) is 36.4 Å². The normalized spacial score (nSPS) is 14.8. The quantitative estimate of drug-likeness (QED) is 0.584. The third-order valence-corrected chi connectivity index (χ3v) is 5.94. The first-order valence-electron chi connectivity index (χ1n) is 9.16. The number of hydrogen-bond donors (Lipinski definition) is 0. The zero-order chi connectivity index (χ0) is 18.5. The Morgan fingerprint density at radius 2 is 1.88 bits per heavy atom. The lowest BCUT2D eigenvalue weighted by atomic mass is 10.1. The van der Waals surface area contributed by atoms with Gasteiger partial charge in [0.1, 0.15) is 4.88 Å². The molecule has 1 atom stereocenters. The van der Waals surface area contributed by atoms with Crippen molar-refractivity contribution in [3.63, 3.8) is 0 Å². The lowest BCUT2D eigenvalue weighted by Gasteiger charge is -2.21. The number of ether oxygens (including phenoxy) is 1. The molecular weight excluding hydrogens is 346 g/mol. The number of thiophene rings is 1. The summed E-state index contributed by atoms with van der Waals surface area (Å²) in [5.74, 6) is -0.586. The maximum absolute atomic E-state index is 12.5. The first-order chi connectivity index (χ1) is 12.5. The number of nitrogens with zero attached hydrogens (tertiary/aromatic N) is 1. The Kier molecular flexibility index (Phi) is 6.09. The van der Waals surface area contributed by atoms with Crippen molar-refractivity contribution in [1.82, 2.24) is 4.90 Å². The van der Waals surface area contributed by atoms with Crippen molar-refractivity contribution in [3.05, 3.63) is 57.3 Å². The number of carbonyl (C=O) groups excluding carboxylic acids is 2. The van der Waals surface area contributed by atoms with Gasteiger partial charge in [0.25, 0.3) is 5.91 Å². The van der Waals surface area contributed by atoms with Crippen molar-refractivity contribution in [2.24, 2.45) is 0 Å². The van der Waals surface area contributed by atoms with E-state index >= 15 is 0 Å². The van der Waals surface area contributed by atoms with Gasteiger partial charge in [-0.15, -0.1) is 11.3 Å². The molecule has 0 saturated carbocycles. The molecule has 0 N–H and O–H groups in total. The SMILES string of the molecule is C[C@@H](OC(=O)c1cc2c(s1)CCCCC2)C(=O)N(C)Cc1ccccc1. The molecule has 0 spiro atoms. The van der Waals surface area contributed by atoms with Crippen molar-refractivity contribution in [2.75, 3.05) is 7.05 Å². The van der Waals surface area contributed by atoms with Crippen molar-refractivity contribution in [2.45, 2.75) is 51.7 Å². The van der Waals surface area contributed by atoms with E-state index in [9.17, 15) is 9.59 Å². The van der Waals surface area contributed by atoms with Crippen molar-refractivity contribution in [1.29, 1.82) is 0 Å². The molecule has 1 heterocycles. The lowest BCUT2D eigenvalue weighted by molar-refractivity contribution is -0.139. The second-order valence-electron chi connectivity index (χ2n) is 6.85. The number of benzene rings is 1. The average Bonchev–Trinajstić information content (AvgIpc) is 2.92. The fourth-order valence-corrected chi connectivity index (χ4v) is 4.42. The predicted octanol–water partition coefficient (Wildman–Crippen LogP) is 4.22. The first-order valence-corrected chi connectivity index (χ1v) is 9.97. The summed E-state index contributed by atoms with van der Waals surface area (Å²) in [6.45, 7) is 2.13. The summed E-state index contributed by atoms with van der Waals surface area (Å²) >= 11 is 1.52. The Labute approximate surface area is 158 Å². The molecule has 5 heteroatoms. The van der Waals surface area contributed by atoms with Gasteiger partial charge in [0.2, 0.25) is 0 Å². The summed E-state index contributed by atoms with van der Waals surface area (Å²) in [6.07, 6.45) is 4.90. The van der Waals surface area contributed by atoms with Crippen LogP contribution in [0.5, 0.6) is 0 Å². The van der Waals surface area contributed by atoms with E-state index < -0.39 is 12.1 Å². The van der Waals surface area contributed by atoms with Gasteiger partial charge < -0.3 is 9.64 Å². The molecule has 2 aromatic rings. The molecule has 1 amide bonds. The highest BCUT2D eigenvalue weighted by Crippen LogP contribution is 2.29. The van der Waals surface area contributed by atoms with Gasteiger partial charge in [-0.2, -0.15) is 0 Å². The largest absolute Gasteiger partial charge is 0.448 e. The van der Waals surface area contributed by atoms with Crippen LogP contribution in [0.25, 0.3) is 0 Å². The summed E-state index contributed by atoms with van der Waals surface area (Å²) in [7, 11) is 1.73. The van der Waals surface area contributed by atoms with Gasteiger partial charge in [-0.1, -0.05) is 36.8 Å². The smallest absolute Gasteiger partial charge is 0.349 e. The molecule has 1 aliphatic carbocycles. The predicted molar refractivity (Wildman–Crippen MR) is 103 cm³/mol. The fourth-order valence-electron chi connectivity index (χ4n) is 3.28. The average molecular weight is 372 g/mol. The molecule has 3 rings (SSSR count). The Balaban J connectivity index is 1.59. The van der Waals surface area contributed by atoms with Gasteiger partial charge in [-0.05, 0) is 49.8 Å². The maximum atomic E-state index is 12.5. The Hall–Kier alpha value is -2.14. The molecule has 26 heavy (non-hydrogen) atoms. The minimum atomic E-state index is -0.793. The highest BCUT2D eigenvalue weighted by molar-refractivity contribution is 7.14. The monoisotopic (exact) mass is 371 g/mol. The number of aryl methyl sites for hydroxylation is 2. The number of carbonyl (C=O) groups is 2. The van der Waals surface area contributed by atoms with Crippen molar-refractivity contribution >= 4 is 23.2 Å². The van der Waals surface area contributed by atoms with Crippen molar-refractivity contribution in [3.8, 4) is 0 Å². The molecule has 1 aromatic heterocycles. The second-order valence-corrected chi connectivity index (χ2v) is 7.98. The Morgan fingerprint density at radius 3 is 2.65 bits per heavy atom. The van der Waals surface area contributed by atoms with Crippen molar-refractivity contribution < 1.29 is 14.3 Å². The van der Waals surface area contributed by atoms with Gasteiger partial charge in [-0.25, -0.2) is 4.79 Å². The molecule has 1 aliphatic rings. The standard InChI is InChI=1S/C21H25NO3S/c1-15(20(23)22(2)14-16-9-5-3-6-10-16)25-21(24)19-13-17-11-7-4-8-12-18(17)26-19/h3,5-6,9-10,13,15H,4,7-8,11-12,14H2,1-2H3/t15-/m1/s1. The minimum absolute atomic E-state index is 0.194. The van der Waals surface area contributed by atoms with Crippen LogP contribution in [0.3, 0.4) is 0 Å². The summed E-state index contributed by atoms with van der Waals surface area (Å²) in [6, 6.07) is 11.7. The van der Waals surface area contributed by atoms with Crippen LogP contribution in [-0.4, -0.2) is 29.9 Å². The number of hydrogen-bond acceptors (Lipinski definition) is 4. The number of fused-ring (bicyclic) bond motifs is 1. The molecule has 0 radical (unpaired) electrons. The van der Waals surface area contributed by atoms with Crippen LogP contribution < -0.4 is 0 Å². The van der Waals surface area contributed by atoms with E-state index in [2.05, 4.69) is 0 Å². The molecule has 0 unspecified atom stereocenters. The van der Waals surface area contributed by atoms with Crippen LogP contribution in [0, 0.1) is 0 Å². The van der Waals surface area contributed by atoms with Gasteiger partial charge in [0, 0.05) is 18.5 Å².